The Morgan fingerprint density at radius 3 is 2.72 bits per heavy atom. The van der Waals surface area contributed by atoms with Gasteiger partial charge in [0.05, 0.1) is 10.4 Å². The molecule has 1 fully saturated rings. The first-order valence-electron chi connectivity index (χ1n) is 8.03. The van der Waals surface area contributed by atoms with Crippen LogP contribution in [0.4, 0.5) is 5.69 Å². The van der Waals surface area contributed by atoms with Gasteiger partial charge in [0.2, 0.25) is 5.91 Å². The highest BCUT2D eigenvalue weighted by Crippen LogP contribution is 2.54. The predicted octanol–water partition coefficient (Wildman–Crippen LogP) is 4.24. The van der Waals surface area contributed by atoms with Crippen LogP contribution < -0.4 is 5.32 Å². The lowest BCUT2D eigenvalue weighted by Crippen LogP contribution is -2.14. The molecule has 1 N–H and O–H groups in total. The molecule has 1 amide bonds. The number of thiophene rings is 1. The van der Waals surface area contributed by atoms with E-state index in [-0.39, 0.29) is 11.3 Å². The summed E-state index contributed by atoms with van der Waals surface area (Å²) in [5.74, 6) is 1.58. The lowest BCUT2D eigenvalue weighted by Gasteiger charge is -2.13. The third-order valence-corrected chi connectivity index (χ3v) is 5.96. The Labute approximate surface area is 154 Å². The number of carbonyl (C=O) groups excluding carboxylic acids is 1. The zero-order valence-electron chi connectivity index (χ0n) is 13.9. The van der Waals surface area contributed by atoms with E-state index in [0.717, 1.165) is 30.1 Å². The Kier molecular flexibility index (Phi) is 3.89. The van der Waals surface area contributed by atoms with E-state index in [2.05, 4.69) is 33.0 Å². The second-order valence-electron chi connectivity index (χ2n) is 6.34. The summed E-state index contributed by atoms with van der Waals surface area (Å²) >= 11 is 8.19. The molecule has 0 spiro atoms. The quantitative estimate of drug-likeness (QED) is 0.745. The second-order valence-corrected chi connectivity index (χ2v) is 7.70. The average Bonchev–Trinajstić information content (AvgIpc) is 3.00. The molecule has 1 saturated carbocycles. The van der Waals surface area contributed by atoms with Gasteiger partial charge in [0.25, 0.3) is 0 Å². The summed E-state index contributed by atoms with van der Waals surface area (Å²) in [6, 6.07) is 9.67. The van der Waals surface area contributed by atoms with Crippen LogP contribution in [0.5, 0.6) is 0 Å². The molecular formula is C18H17ClN4OS. The van der Waals surface area contributed by atoms with Gasteiger partial charge < -0.3 is 9.88 Å². The molecule has 4 rings (SSSR count). The van der Waals surface area contributed by atoms with Crippen molar-refractivity contribution in [2.45, 2.75) is 25.2 Å². The number of aromatic nitrogens is 3. The number of amides is 1. The average molecular weight is 373 g/mol. The molecule has 1 aliphatic carbocycles. The molecule has 3 aromatic rings. The number of rotatable bonds is 4. The standard InChI is InChI=1S/C18H17ClN4OS/c1-11(24)20-12-5-6-13(14(19)10-12)16-21-22-17(23(16)2)18(7-8-18)15-4-3-9-25-15/h3-6,9-10H,7-8H2,1-2H3,(H,20,24). The number of hydrogen-bond donors (Lipinski definition) is 1. The fourth-order valence-corrected chi connectivity index (χ4v) is 4.46. The Morgan fingerprint density at radius 1 is 1.32 bits per heavy atom. The van der Waals surface area contributed by atoms with Gasteiger partial charge in [0.15, 0.2) is 5.82 Å². The molecule has 0 unspecified atom stereocenters. The highest BCUT2D eigenvalue weighted by molar-refractivity contribution is 7.10. The van der Waals surface area contributed by atoms with Crippen LogP contribution in [-0.4, -0.2) is 20.7 Å². The van der Waals surface area contributed by atoms with Crippen LogP contribution in [0.2, 0.25) is 5.02 Å². The number of nitrogens with zero attached hydrogens (tertiary/aromatic N) is 3. The molecular weight excluding hydrogens is 356 g/mol. The summed E-state index contributed by atoms with van der Waals surface area (Å²) in [5, 5.41) is 14.3. The monoisotopic (exact) mass is 372 g/mol. The summed E-state index contributed by atoms with van der Waals surface area (Å²) in [5.41, 5.74) is 1.47. The van der Waals surface area contributed by atoms with Crippen molar-refractivity contribution in [2.24, 2.45) is 7.05 Å². The van der Waals surface area contributed by atoms with Crippen molar-refractivity contribution in [3.63, 3.8) is 0 Å². The van der Waals surface area contributed by atoms with E-state index in [9.17, 15) is 4.79 Å². The van der Waals surface area contributed by atoms with Crippen molar-refractivity contribution in [1.29, 1.82) is 0 Å². The third kappa shape index (κ3) is 2.75. The Bertz CT molecular complexity index is 944. The normalized spacial score (nSPS) is 15.2. The van der Waals surface area contributed by atoms with Gasteiger partial charge in [-0.15, -0.1) is 21.5 Å². The maximum Gasteiger partial charge on any atom is 0.221 e. The molecule has 0 radical (unpaired) electrons. The maximum atomic E-state index is 11.2. The lowest BCUT2D eigenvalue weighted by molar-refractivity contribution is -0.114. The predicted molar refractivity (Wildman–Crippen MR) is 100 cm³/mol. The highest BCUT2D eigenvalue weighted by Gasteiger charge is 2.50. The second kappa shape index (κ2) is 5.97. The highest BCUT2D eigenvalue weighted by atomic mass is 35.5. The largest absolute Gasteiger partial charge is 0.326 e. The van der Waals surface area contributed by atoms with Crippen LogP contribution in [0.15, 0.2) is 35.7 Å². The molecule has 0 aliphatic heterocycles. The van der Waals surface area contributed by atoms with Crippen LogP contribution >= 0.6 is 22.9 Å². The van der Waals surface area contributed by atoms with Crippen molar-refractivity contribution in [2.75, 3.05) is 5.32 Å². The van der Waals surface area contributed by atoms with Crippen LogP contribution in [0.1, 0.15) is 30.5 Å². The molecule has 2 heterocycles. The summed E-state index contributed by atoms with van der Waals surface area (Å²) < 4.78 is 2.03. The van der Waals surface area contributed by atoms with E-state index in [4.69, 9.17) is 11.6 Å². The first kappa shape index (κ1) is 16.3. The zero-order chi connectivity index (χ0) is 17.6. The van der Waals surface area contributed by atoms with Crippen molar-refractivity contribution >= 4 is 34.5 Å². The van der Waals surface area contributed by atoms with E-state index >= 15 is 0 Å². The molecule has 2 aromatic heterocycles. The summed E-state index contributed by atoms with van der Waals surface area (Å²) in [6.45, 7) is 1.47. The molecule has 5 nitrogen and oxygen atoms in total. The van der Waals surface area contributed by atoms with Crippen molar-refractivity contribution in [3.05, 3.63) is 51.4 Å². The molecule has 0 bridgehead atoms. The van der Waals surface area contributed by atoms with Gasteiger partial charge in [-0.1, -0.05) is 17.7 Å². The van der Waals surface area contributed by atoms with E-state index in [1.807, 2.05) is 23.7 Å². The summed E-state index contributed by atoms with van der Waals surface area (Å²) in [7, 11) is 1.98. The van der Waals surface area contributed by atoms with Gasteiger partial charge in [-0.2, -0.15) is 0 Å². The first-order chi connectivity index (χ1) is 12.0. The number of anilines is 1. The first-order valence-corrected chi connectivity index (χ1v) is 9.28. The van der Waals surface area contributed by atoms with Gasteiger partial charge in [0, 0.05) is 30.1 Å². The van der Waals surface area contributed by atoms with Crippen molar-refractivity contribution in [1.82, 2.24) is 14.8 Å². The van der Waals surface area contributed by atoms with Gasteiger partial charge in [-0.3, -0.25) is 4.79 Å². The number of hydrogen-bond acceptors (Lipinski definition) is 4. The van der Waals surface area contributed by atoms with Crippen molar-refractivity contribution in [3.8, 4) is 11.4 Å². The smallest absolute Gasteiger partial charge is 0.221 e. The molecule has 25 heavy (non-hydrogen) atoms. The molecule has 1 aromatic carbocycles. The van der Waals surface area contributed by atoms with E-state index in [0.29, 0.717) is 10.7 Å². The number of nitrogens with one attached hydrogen (secondary N) is 1. The van der Waals surface area contributed by atoms with E-state index in [1.54, 1.807) is 17.4 Å². The Morgan fingerprint density at radius 2 is 2.12 bits per heavy atom. The third-order valence-electron chi connectivity index (χ3n) is 4.58. The fraction of sp³-hybridized carbons (Fsp3) is 0.278. The topological polar surface area (TPSA) is 59.8 Å². The van der Waals surface area contributed by atoms with Crippen LogP contribution in [0, 0.1) is 0 Å². The van der Waals surface area contributed by atoms with Gasteiger partial charge >= 0.3 is 0 Å². The van der Waals surface area contributed by atoms with E-state index in [1.165, 1.54) is 11.8 Å². The minimum Gasteiger partial charge on any atom is -0.326 e. The Hall–Kier alpha value is -2.18. The SMILES string of the molecule is CC(=O)Nc1ccc(-c2nnc(C3(c4cccs4)CC3)n2C)c(Cl)c1. The maximum absolute atomic E-state index is 11.2. The number of carbonyl (C=O) groups is 1. The summed E-state index contributed by atoms with van der Waals surface area (Å²) in [6.07, 6.45) is 2.18. The van der Waals surface area contributed by atoms with Crippen molar-refractivity contribution < 1.29 is 4.79 Å². The zero-order valence-corrected chi connectivity index (χ0v) is 15.5. The fourth-order valence-electron chi connectivity index (χ4n) is 3.21. The molecule has 7 heteroatoms. The molecule has 0 saturated heterocycles. The van der Waals surface area contributed by atoms with Crippen LogP contribution in [-0.2, 0) is 17.3 Å². The lowest BCUT2D eigenvalue weighted by atomic mass is 10.0. The van der Waals surface area contributed by atoms with Crippen LogP contribution in [0.25, 0.3) is 11.4 Å². The molecule has 1 aliphatic rings. The van der Waals surface area contributed by atoms with E-state index < -0.39 is 0 Å². The van der Waals surface area contributed by atoms with Gasteiger partial charge in [-0.25, -0.2) is 0 Å². The molecule has 128 valence electrons. The summed E-state index contributed by atoms with van der Waals surface area (Å²) in [4.78, 5) is 12.5. The van der Waals surface area contributed by atoms with Gasteiger partial charge in [0.1, 0.15) is 5.82 Å². The number of halogens is 1. The molecule has 0 atom stereocenters. The van der Waals surface area contributed by atoms with Gasteiger partial charge in [-0.05, 0) is 42.5 Å². The minimum absolute atomic E-state index is 0.00321. The number of benzene rings is 1. The Balaban J connectivity index is 1.72. The van der Waals surface area contributed by atoms with Crippen LogP contribution in [0.3, 0.4) is 0 Å². The minimum atomic E-state index is -0.128.